The smallest absolute Gasteiger partial charge is 0.269 e. The maximum absolute atomic E-state index is 12.5. The van der Waals surface area contributed by atoms with Gasteiger partial charge in [-0.3, -0.25) is 29.8 Å². The van der Waals surface area contributed by atoms with Gasteiger partial charge >= 0.3 is 0 Å². The van der Waals surface area contributed by atoms with E-state index in [0.717, 1.165) is 5.56 Å². The Balaban J connectivity index is 1.72. The van der Waals surface area contributed by atoms with Crippen LogP contribution in [-0.2, 0) is 17.8 Å². The van der Waals surface area contributed by atoms with Crippen molar-refractivity contribution in [2.75, 3.05) is 0 Å². The van der Waals surface area contributed by atoms with Crippen LogP contribution in [0.5, 0.6) is 0 Å². The highest BCUT2D eigenvalue weighted by Crippen LogP contribution is 2.11. The predicted molar refractivity (Wildman–Crippen MR) is 114 cm³/mol. The van der Waals surface area contributed by atoms with E-state index in [1.54, 1.807) is 30.3 Å². The molecular weight excluding hydrogens is 412 g/mol. The molecule has 0 saturated carbocycles. The molecule has 0 radical (unpaired) electrons. The minimum atomic E-state index is -0.522. The Morgan fingerprint density at radius 2 is 1.90 bits per heavy atom. The number of aromatic nitrogens is 2. The number of carbonyl (C=O) groups excluding carboxylic acids is 2. The number of rotatable bonds is 5. The van der Waals surface area contributed by atoms with Crippen molar-refractivity contribution in [2.24, 2.45) is 0 Å². The SMILES string of the molecule is C=CCn1c(=S)[nH]c2cc(C(=O)NNC(=O)Cc3ccc(Cl)cc3)ccc2c1=O. The highest BCUT2D eigenvalue weighted by Gasteiger charge is 2.11. The third kappa shape index (κ3) is 4.79. The Kier molecular flexibility index (Phi) is 6.26. The molecule has 0 unspecified atom stereocenters. The molecule has 148 valence electrons. The first-order valence-electron chi connectivity index (χ1n) is 8.60. The average molecular weight is 429 g/mol. The summed E-state index contributed by atoms with van der Waals surface area (Å²) in [6, 6.07) is 11.4. The Morgan fingerprint density at radius 3 is 2.59 bits per heavy atom. The van der Waals surface area contributed by atoms with E-state index in [-0.39, 0.29) is 34.8 Å². The highest BCUT2D eigenvalue weighted by atomic mass is 35.5. The zero-order valence-corrected chi connectivity index (χ0v) is 16.8. The fourth-order valence-corrected chi connectivity index (χ4v) is 3.11. The van der Waals surface area contributed by atoms with Gasteiger partial charge in [-0.15, -0.1) is 6.58 Å². The molecule has 0 fully saturated rings. The normalized spacial score (nSPS) is 10.5. The van der Waals surface area contributed by atoms with E-state index < -0.39 is 5.91 Å². The molecule has 2 amide bonds. The van der Waals surface area contributed by atoms with Gasteiger partial charge in [0, 0.05) is 17.1 Å². The number of hydrogen-bond acceptors (Lipinski definition) is 4. The van der Waals surface area contributed by atoms with E-state index in [4.69, 9.17) is 23.8 Å². The molecule has 29 heavy (non-hydrogen) atoms. The summed E-state index contributed by atoms with van der Waals surface area (Å²) in [5.74, 6) is -0.904. The van der Waals surface area contributed by atoms with Crippen LogP contribution in [0.1, 0.15) is 15.9 Å². The molecule has 3 rings (SSSR count). The molecule has 0 aliphatic rings. The molecule has 1 heterocycles. The summed E-state index contributed by atoms with van der Waals surface area (Å²) in [5, 5.41) is 0.970. The molecule has 0 aliphatic heterocycles. The summed E-state index contributed by atoms with van der Waals surface area (Å²) in [5.41, 5.74) is 5.90. The molecule has 7 nitrogen and oxygen atoms in total. The number of halogens is 1. The lowest BCUT2D eigenvalue weighted by Crippen LogP contribution is -2.42. The minimum absolute atomic E-state index is 0.0884. The van der Waals surface area contributed by atoms with Gasteiger partial charge in [0.1, 0.15) is 0 Å². The van der Waals surface area contributed by atoms with Crippen LogP contribution in [0.4, 0.5) is 0 Å². The first-order valence-corrected chi connectivity index (χ1v) is 9.39. The van der Waals surface area contributed by atoms with Crippen LogP contribution in [0.2, 0.25) is 5.02 Å². The first kappa shape index (κ1) is 20.5. The van der Waals surface area contributed by atoms with Crippen molar-refractivity contribution in [2.45, 2.75) is 13.0 Å². The van der Waals surface area contributed by atoms with Gasteiger partial charge in [-0.25, -0.2) is 0 Å². The standard InChI is InChI=1S/C20H17ClN4O3S/c1-2-9-25-19(28)15-8-5-13(11-16(15)22-20(25)29)18(27)24-23-17(26)10-12-3-6-14(21)7-4-12/h2-8,11H,1,9-10H2,(H,22,29)(H,23,26)(H,24,27). The number of aromatic amines is 1. The van der Waals surface area contributed by atoms with Crippen molar-refractivity contribution in [3.8, 4) is 0 Å². The Morgan fingerprint density at radius 1 is 1.17 bits per heavy atom. The lowest BCUT2D eigenvalue weighted by atomic mass is 10.1. The number of carbonyl (C=O) groups is 2. The molecule has 0 spiro atoms. The molecule has 2 aromatic carbocycles. The predicted octanol–water partition coefficient (Wildman–Crippen LogP) is 2.90. The molecule has 9 heteroatoms. The summed E-state index contributed by atoms with van der Waals surface area (Å²) in [6.45, 7) is 3.89. The number of hydrazine groups is 1. The Labute approximate surface area is 176 Å². The molecule has 1 aromatic heterocycles. The van der Waals surface area contributed by atoms with Crippen molar-refractivity contribution in [1.29, 1.82) is 0 Å². The van der Waals surface area contributed by atoms with Gasteiger partial charge in [-0.1, -0.05) is 29.8 Å². The fraction of sp³-hybridized carbons (Fsp3) is 0.100. The van der Waals surface area contributed by atoms with Crippen LogP contribution in [0, 0.1) is 4.77 Å². The molecule has 0 saturated heterocycles. The van der Waals surface area contributed by atoms with Gasteiger partial charge in [0.05, 0.1) is 17.3 Å². The van der Waals surface area contributed by atoms with Crippen molar-refractivity contribution >= 4 is 46.5 Å². The quantitative estimate of drug-likeness (QED) is 0.331. The van der Waals surface area contributed by atoms with E-state index in [0.29, 0.717) is 15.9 Å². The second kappa shape index (κ2) is 8.85. The summed E-state index contributed by atoms with van der Waals surface area (Å²) in [7, 11) is 0. The summed E-state index contributed by atoms with van der Waals surface area (Å²) >= 11 is 11.0. The zero-order chi connectivity index (χ0) is 21.0. The maximum Gasteiger partial charge on any atom is 0.269 e. The maximum atomic E-state index is 12.5. The molecule has 0 aliphatic carbocycles. The third-order valence-electron chi connectivity index (χ3n) is 4.15. The summed E-state index contributed by atoms with van der Waals surface area (Å²) < 4.78 is 1.61. The van der Waals surface area contributed by atoms with Crippen LogP contribution < -0.4 is 16.4 Å². The van der Waals surface area contributed by atoms with E-state index in [1.165, 1.54) is 22.8 Å². The van der Waals surface area contributed by atoms with Crippen molar-refractivity contribution in [3.63, 3.8) is 0 Å². The van der Waals surface area contributed by atoms with Gasteiger partial charge in [0.25, 0.3) is 11.5 Å². The number of fused-ring (bicyclic) bond motifs is 1. The average Bonchev–Trinajstić information content (AvgIpc) is 2.70. The first-order chi connectivity index (χ1) is 13.9. The van der Waals surface area contributed by atoms with Crippen LogP contribution in [0.3, 0.4) is 0 Å². The molecule has 3 aromatic rings. The number of hydrogen-bond donors (Lipinski definition) is 3. The number of nitrogens with zero attached hydrogens (tertiary/aromatic N) is 1. The molecule has 3 N–H and O–H groups in total. The second-order valence-corrected chi connectivity index (χ2v) is 7.02. The van der Waals surface area contributed by atoms with Crippen molar-refractivity contribution in [3.05, 3.63) is 86.4 Å². The van der Waals surface area contributed by atoms with Crippen molar-refractivity contribution in [1.82, 2.24) is 20.4 Å². The Bertz CT molecular complexity index is 1220. The van der Waals surface area contributed by atoms with Gasteiger partial charge < -0.3 is 4.98 Å². The minimum Gasteiger partial charge on any atom is -0.332 e. The van der Waals surface area contributed by atoms with Crippen LogP contribution >= 0.6 is 23.8 Å². The van der Waals surface area contributed by atoms with Crippen LogP contribution in [0.15, 0.2) is 59.9 Å². The fourth-order valence-electron chi connectivity index (χ4n) is 2.72. The molecule has 0 bridgehead atoms. The lowest BCUT2D eigenvalue weighted by Gasteiger charge is -2.09. The monoisotopic (exact) mass is 428 g/mol. The largest absolute Gasteiger partial charge is 0.332 e. The number of nitrogens with one attached hydrogen (secondary N) is 3. The van der Waals surface area contributed by atoms with Gasteiger partial charge in [0.2, 0.25) is 5.91 Å². The highest BCUT2D eigenvalue weighted by molar-refractivity contribution is 7.71. The van der Waals surface area contributed by atoms with E-state index in [1.807, 2.05) is 0 Å². The molecular formula is C20H17ClN4O3S. The number of allylic oxidation sites excluding steroid dienone is 1. The van der Waals surface area contributed by atoms with E-state index >= 15 is 0 Å². The van der Waals surface area contributed by atoms with E-state index in [9.17, 15) is 14.4 Å². The number of benzene rings is 2. The third-order valence-corrected chi connectivity index (χ3v) is 4.72. The van der Waals surface area contributed by atoms with E-state index in [2.05, 4.69) is 22.4 Å². The van der Waals surface area contributed by atoms with Gasteiger partial charge in [-0.05, 0) is 48.1 Å². The van der Waals surface area contributed by atoms with Crippen LogP contribution in [-0.4, -0.2) is 21.4 Å². The lowest BCUT2D eigenvalue weighted by molar-refractivity contribution is -0.121. The van der Waals surface area contributed by atoms with Gasteiger partial charge in [0.15, 0.2) is 4.77 Å². The number of amides is 2. The van der Waals surface area contributed by atoms with Gasteiger partial charge in [-0.2, -0.15) is 0 Å². The second-order valence-electron chi connectivity index (χ2n) is 6.20. The molecule has 0 atom stereocenters. The Hall–Kier alpha value is -3.23. The van der Waals surface area contributed by atoms with Crippen LogP contribution in [0.25, 0.3) is 10.9 Å². The number of H-pyrrole nitrogens is 1. The summed E-state index contributed by atoms with van der Waals surface area (Å²) in [6.07, 6.45) is 1.66. The van der Waals surface area contributed by atoms with Crippen molar-refractivity contribution < 1.29 is 9.59 Å². The zero-order valence-electron chi connectivity index (χ0n) is 15.2. The topological polar surface area (TPSA) is 96.0 Å². The summed E-state index contributed by atoms with van der Waals surface area (Å²) in [4.78, 5) is 39.8.